The van der Waals surface area contributed by atoms with Gasteiger partial charge in [0.1, 0.15) is 20.2 Å². The topological polar surface area (TPSA) is 155 Å². The standard InChI is InChI=1S/C12H9O8PS2.3Na/c13-21(14)11-3-1-7(22(15,16)17)5-9(11)10-6-8(23(18,19)20)2-4-12(10)21;;;/h1-6H,(H,13,14)(H,15,16,17)(H,18,19,20);;;/q;3*+1/p-3. The van der Waals surface area contributed by atoms with Crippen molar-refractivity contribution in [2.45, 2.75) is 9.79 Å². The molecule has 8 nitrogen and oxygen atoms in total. The summed E-state index contributed by atoms with van der Waals surface area (Å²) < 4.78 is 78.9. The summed E-state index contributed by atoms with van der Waals surface area (Å²) in [6.07, 6.45) is 0. The van der Waals surface area contributed by atoms with Crippen LogP contribution in [0.5, 0.6) is 0 Å². The van der Waals surface area contributed by atoms with Crippen molar-refractivity contribution in [1.29, 1.82) is 0 Å². The molecular formula is C12H6Na3O8PS2. The Morgan fingerprint density at radius 2 is 1.00 bits per heavy atom. The Kier molecular flexibility index (Phi) is 9.58. The van der Waals surface area contributed by atoms with Crippen LogP contribution in [0, 0.1) is 0 Å². The minimum absolute atomic E-state index is 0. The van der Waals surface area contributed by atoms with Crippen molar-refractivity contribution in [3.05, 3.63) is 36.4 Å². The van der Waals surface area contributed by atoms with Gasteiger partial charge in [0, 0.05) is 10.6 Å². The van der Waals surface area contributed by atoms with Gasteiger partial charge in [-0.2, -0.15) is 0 Å². The van der Waals surface area contributed by atoms with Gasteiger partial charge in [0.2, 0.25) is 0 Å². The van der Waals surface area contributed by atoms with Crippen molar-refractivity contribution in [3.8, 4) is 11.1 Å². The first kappa shape index (κ1) is 27.5. The van der Waals surface area contributed by atoms with Crippen LogP contribution in [-0.4, -0.2) is 25.9 Å². The molecule has 3 rings (SSSR count). The molecule has 0 amide bonds. The summed E-state index contributed by atoms with van der Waals surface area (Å²) in [6, 6.07) is 5.38. The number of fused-ring (bicyclic) bond motifs is 3. The predicted molar refractivity (Wildman–Crippen MR) is 74.7 cm³/mol. The zero-order chi connectivity index (χ0) is 17.2. The van der Waals surface area contributed by atoms with Crippen molar-refractivity contribution >= 4 is 38.2 Å². The van der Waals surface area contributed by atoms with Gasteiger partial charge in [0.05, 0.1) is 17.2 Å². The molecular weight excluding hydrogens is 436 g/mol. The molecule has 1 aliphatic rings. The Morgan fingerprint density at radius 3 is 1.27 bits per heavy atom. The third-order valence-corrected chi connectivity index (χ3v) is 7.15. The molecule has 0 unspecified atom stereocenters. The summed E-state index contributed by atoms with van der Waals surface area (Å²) in [5.41, 5.74) is -0.249. The van der Waals surface area contributed by atoms with Gasteiger partial charge in [-0.3, -0.25) is 0 Å². The Balaban J connectivity index is 0.00000208. The Hall–Kier alpha value is 1.45. The Morgan fingerprint density at radius 1 is 0.692 bits per heavy atom. The maximum absolute atomic E-state index is 12.4. The Bertz CT molecular complexity index is 1030. The van der Waals surface area contributed by atoms with Crippen LogP contribution in [0.3, 0.4) is 0 Å². The van der Waals surface area contributed by atoms with E-state index >= 15 is 0 Å². The summed E-state index contributed by atoms with van der Waals surface area (Å²) in [7, 11) is -14.0. The summed E-state index contributed by atoms with van der Waals surface area (Å²) in [6.45, 7) is 0. The van der Waals surface area contributed by atoms with E-state index in [4.69, 9.17) is 0 Å². The molecule has 0 aromatic heterocycles. The fraction of sp³-hybridized carbons (Fsp3) is 0. The molecule has 0 spiro atoms. The third kappa shape index (κ3) is 4.95. The van der Waals surface area contributed by atoms with Crippen LogP contribution in [0.25, 0.3) is 11.1 Å². The first-order valence-corrected chi connectivity index (χ1v) is 10.4. The average Bonchev–Trinajstić information content (AvgIpc) is 2.65. The largest absolute Gasteiger partial charge is 1.00 e. The molecule has 0 aliphatic carbocycles. The van der Waals surface area contributed by atoms with Gasteiger partial charge < -0.3 is 18.6 Å². The molecule has 1 aliphatic heterocycles. The van der Waals surface area contributed by atoms with Crippen molar-refractivity contribution in [2.75, 3.05) is 0 Å². The fourth-order valence-electron chi connectivity index (χ4n) is 2.42. The summed E-state index contributed by atoms with van der Waals surface area (Å²) in [5, 5.41) is -0.472. The van der Waals surface area contributed by atoms with E-state index in [1.54, 1.807) is 0 Å². The summed E-state index contributed by atoms with van der Waals surface area (Å²) in [5.74, 6) is 0. The van der Waals surface area contributed by atoms with E-state index in [0.29, 0.717) is 0 Å². The van der Waals surface area contributed by atoms with Crippen LogP contribution < -0.4 is 104 Å². The zero-order valence-corrected chi connectivity index (χ0v) is 22.5. The van der Waals surface area contributed by atoms with Crippen molar-refractivity contribution < 1.29 is 124 Å². The number of hydrogen-bond donors (Lipinski definition) is 0. The van der Waals surface area contributed by atoms with Crippen LogP contribution in [0.1, 0.15) is 0 Å². The van der Waals surface area contributed by atoms with E-state index < -0.39 is 37.4 Å². The van der Waals surface area contributed by atoms with Gasteiger partial charge in [0.25, 0.3) is 0 Å². The minimum Gasteiger partial charge on any atom is -0.793 e. The molecule has 2 aromatic carbocycles. The smallest absolute Gasteiger partial charge is 0.793 e. The molecule has 14 heteroatoms. The third-order valence-electron chi connectivity index (χ3n) is 3.44. The quantitative estimate of drug-likeness (QED) is 0.252. The van der Waals surface area contributed by atoms with E-state index in [2.05, 4.69) is 0 Å². The van der Waals surface area contributed by atoms with Crippen LogP contribution in [0.15, 0.2) is 46.2 Å². The van der Waals surface area contributed by atoms with E-state index in [0.717, 1.165) is 36.4 Å². The van der Waals surface area contributed by atoms with Crippen molar-refractivity contribution in [3.63, 3.8) is 0 Å². The normalized spacial score (nSPS) is 14.1. The molecule has 0 bridgehead atoms. The number of benzene rings is 2. The maximum Gasteiger partial charge on any atom is 1.00 e. The van der Waals surface area contributed by atoms with Gasteiger partial charge in [-0.1, -0.05) is 12.1 Å². The molecule has 0 fully saturated rings. The van der Waals surface area contributed by atoms with Crippen LogP contribution in [0.2, 0.25) is 0 Å². The summed E-state index contributed by atoms with van der Waals surface area (Å²) >= 11 is 0. The second-order valence-electron chi connectivity index (χ2n) is 4.82. The number of rotatable bonds is 2. The minimum atomic E-state index is -4.82. The SMILES string of the molecule is O=P1([O-])c2ccc(S(=O)(=O)[O-])cc2-c2cc(S(=O)(=O)[O-])ccc21.[Na+].[Na+].[Na+]. The fourth-order valence-corrected chi connectivity index (χ4v) is 5.22. The molecule has 0 saturated carbocycles. The molecule has 0 atom stereocenters. The maximum atomic E-state index is 12.4. The molecule has 1 heterocycles. The van der Waals surface area contributed by atoms with Gasteiger partial charge in [-0.05, 0) is 35.4 Å². The van der Waals surface area contributed by atoms with Crippen LogP contribution >= 0.6 is 7.37 Å². The second-order valence-corrected chi connectivity index (χ2v) is 9.64. The molecule has 0 saturated heterocycles. The Labute approximate surface area is 216 Å². The zero-order valence-electron chi connectivity index (χ0n) is 14.0. The predicted octanol–water partition coefficient (Wildman–Crippen LogP) is -9.92. The first-order chi connectivity index (χ1) is 10.4. The van der Waals surface area contributed by atoms with Crippen molar-refractivity contribution in [2.24, 2.45) is 0 Å². The summed E-state index contributed by atoms with van der Waals surface area (Å²) in [4.78, 5) is 11.1. The van der Waals surface area contributed by atoms with Gasteiger partial charge >= 0.3 is 88.7 Å². The van der Waals surface area contributed by atoms with E-state index in [-0.39, 0.29) is 110 Å². The van der Waals surface area contributed by atoms with E-state index in [1.807, 2.05) is 0 Å². The van der Waals surface area contributed by atoms with Crippen LogP contribution in [0.4, 0.5) is 0 Å². The number of hydrogen-bond acceptors (Lipinski definition) is 8. The van der Waals surface area contributed by atoms with E-state index in [9.17, 15) is 35.4 Å². The van der Waals surface area contributed by atoms with Crippen LogP contribution in [-0.2, 0) is 24.8 Å². The van der Waals surface area contributed by atoms with Gasteiger partial charge in [-0.15, -0.1) is 0 Å². The second kappa shape index (κ2) is 9.07. The van der Waals surface area contributed by atoms with Gasteiger partial charge in [-0.25, -0.2) is 16.8 Å². The monoisotopic (exact) mass is 442 g/mol. The molecule has 0 N–H and O–H groups in total. The average molecular weight is 442 g/mol. The molecule has 122 valence electrons. The molecule has 2 aromatic rings. The molecule has 26 heavy (non-hydrogen) atoms. The van der Waals surface area contributed by atoms with Crippen molar-refractivity contribution in [1.82, 2.24) is 0 Å². The molecule has 0 radical (unpaired) electrons. The first-order valence-electron chi connectivity index (χ1n) is 5.95. The van der Waals surface area contributed by atoms with E-state index in [1.165, 1.54) is 0 Å². The van der Waals surface area contributed by atoms with Gasteiger partial charge in [0.15, 0.2) is 0 Å².